The van der Waals surface area contributed by atoms with Crippen LogP contribution in [0.4, 0.5) is 17.1 Å². The molecule has 0 fully saturated rings. The van der Waals surface area contributed by atoms with E-state index in [1.807, 2.05) is 18.2 Å². The number of hydrogen-bond donors (Lipinski definition) is 0. The van der Waals surface area contributed by atoms with E-state index in [2.05, 4.69) is 150 Å². The monoisotopic (exact) mass is 537 g/mol. The van der Waals surface area contributed by atoms with Gasteiger partial charge in [0.15, 0.2) is 0 Å². The number of benzene rings is 7. The Morgan fingerprint density at radius 3 is 1.90 bits per heavy atom. The van der Waals surface area contributed by atoms with Gasteiger partial charge in [0.2, 0.25) is 0 Å². The lowest BCUT2D eigenvalue weighted by Gasteiger charge is -2.27. The second-order valence-corrected chi connectivity index (χ2v) is 10.6. The van der Waals surface area contributed by atoms with Gasteiger partial charge in [0, 0.05) is 27.7 Å². The van der Waals surface area contributed by atoms with E-state index in [1.165, 1.54) is 21.5 Å². The molecule has 7 aromatic carbocycles. The zero-order chi connectivity index (χ0) is 27.9. The van der Waals surface area contributed by atoms with Crippen molar-refractivity contribution >= 4 is 49.6 Å². The molecule has 1 aromatic heterocycles. The Labute approximate surface area is 244 Å². The van der Waals surface area contributed by atoms with Crippen molar-refractivity contribution in [3.63, 3.8) is 0 Å². The van der Waals surface area contributed by atoms with Crippen molar-refractivity contribution < 1.29 is 4.42 Å². The summed E-state index contributed by atoms with van der Waals surface area (Å²) in [4.78, 5) is 2.36. The Balaban J connectivity index is 1.22. The summed E-state index contributed by atoms with van der Waals surface area (Å²) < 4.78 is 6.15. The van der Waals surface area contributed by atoms with E-state index < -0.39 is 0 Å². The van der Waals surface area contributed by atoms with Crippen LogP contribution in [0.25, 0.3) is 55.0 Å². The van der Waals surface area contributed by atoms with Crippen LogP contribution in [-0.4, -0.2) is 0 Å². The molecule has 42 heavy (non-hydrogen) atoms. The predicted molar refractivity (Wildman–Crippen MR) is 177 cm³/mol. The van der Waals surface area contributed by atoms with E-state index in [-0.39, 0.29) is 0 Å². The van der Waals surface area contributed by atoms with Gasteiger partial charge in [-0.2, -0.15) is 0 Å². The minimum Gasteiger partial charge on any atom is -0.456 e. The fourth-order valence-corrected chi connectivity index (χ4v) is 5.93. The smallest absolute Gasteiger partial charge is 0.135 e. The average molecular weight is 538 g/mol. The van der Waals surface area contributed by atoms with Gasteiger partial charge in [-0.15, -0.1) is 0 Å². The van der Waals surface area contributed by atoms with Gasteiger partial charge in [-0.05, 0) is 75.8 Å². The van der Waals surface area contributed by atoms with Crippen LogP contribution in [0.5, 0.6) is 0 Å². The van der Waals surface area contributed by atoms with E-state index >= 15 is 0 Å². The number of rotatable bonds is 5. The normalized spacial score (nSPS) is 11.3. The van der Waals surface area contributed by atoms with Crippen LogP contribution in [0.3, 0.4) is 0 Å². The van der Waals surface area contributed by atoms with Gasteiger partial charge >= 0.3 is 0 Å². The lowest BCUT2D eigenvalue weighted by Crippen LogP contribution is -2.10. The van der Waals surface area contributed by atoms with Crippen LogP contribution < -0.4 is 4.90 Å². The molecule has 0 atom stereocenters. The molecule has 1 heterocycles. The van der Waals surface area contributed by atoms with E-state index in [1.54, 1.807) is 0 Å². The second-order valence-electron chi connectivity index (χ2n) is 10.6. The standard InChI is InChI=1S/C40H27NO/c1-2-11-32-26-36(24-21-28(32)9-1)41(38-17-8-13-30-10-3-5-16-37(30)38)35-22-19-29(20-23-35)31-14-7-15-33(25-31)40-27-34-12-4-6-18-39(34)42-40/h1-27H. The first-order valence-corrected chi connectivity index (χ1v) is 14.3. The maximum atomic E-state index is 6.15. The number of hydrogen-bond acceptors (Lipinski definition) is 2. The van der Waals surface area contributed by atoms with Gasteiger partial charge in [0.25, 0.3) is 0 Å². The first-order valence-electron chi connectivity index (χ1n) is 14.3. The molecule has 0 aliphatic carbocycles. The Morgan fingerprint density at radius 1 is 0.381 bits per heavy atom. The molecule has 8 rings (SSSR count). The molecule has 0 saturated heterocycles. The third kappa shape index (κ3) is 4.31. The molecule has 8 aromatic rings. The van der Waals surface area contributed by atoms with Crippen molar-refractivity contribution in [2.24, 2.45) is 0 Å². The Bertz CT molecular complexity index is 2170. The highest BCUT2D eigenvalue weighted by molar-refractivity contribution is 6.00. The predicted octanol–water partition coefficient (Wildman–Crippen LogP) is 11.5. The second kappa shape index (κ2) is 10.1. The van der Waals surface area contributed by atoms with Gasteiger partial charge in [0.05, 0.1) is 5.69 Å². The summed E-state index contributed by atoms with van der Waals surface area (Å²) in [6, 6.07) is 58.1. The van der Waals surface area contributed by atoms with E-state index in [0.29, 0.717) is 0 Å². The lowest BCUT2D eigenvalue weighted by atomic mass is 10.0. The van der Waals surface area contributed by atoms with Crippen LogP contribution in [0.2, 0.25) is 0 Å². The first kappa shape index (κ1) is 24.2. The maximum absolute atomic E-state index is 6.15. The first-order chi connectivity index (χ1) is 20.8. The van der Waals surface area contributed by atoms with Crippen LogP contribution in [0, 0.1) is 0 Å². The van der Waals surface area contributed by atoms with Crippen LogP contribution in [0.1, 0.15) is 0 Å². The molecule has 0 aliphatic heterocycles. The summed E-state index contributed by atoms with van der Waals surface area (Å²) in [5, 5.41) is 6.01. The number of para-hydroxylation sites is 1. The van der Waals surface area contributed by atoms with E-state index in [0.717, 1.165) is 50.5 Å². The van der Waals surface area contributed by atoms with Crippen LogP contribution >= 0.6 is 0 Å². The molecule has 0 unspecified atom stereocenters. The molecule has 0 spiro atoms. The number of furan rings is 1. The van der Waals surface area contributed by atoms with Crippen molar-refractivity contribution in [2.75, 3.05) is 4.90 Å². The molecule has 0 radical (unpaired) electrons. The zero-order valence-electron chi connectivity index (χ0n) is 22.9. The lowest BCUT2D eigenvalue weighted by molar-refractivity contribution is 0.631. The van der Waals surface area contributed by atoms with Gasteiger partial charge in [0.1, 0.15) is 11.3 Å². The van der Waals surface area contributed by atoms with Gasteiger partial charge < -0.3 is 9.32 Å². The molecule has 2 nitrogen and oxygen atoms in total. The van der Waals surface area contributed by atoms with Crippen molar-refractivity contribution in [3.8, 4) is 22.5 Å². The highest BCUT2D eigenvalue weighted by Gasteiger charge is 2.16. The van der Waals surface area contributed by atoms with Crippen LogP contribution in [0.15, 0.2) is 168 Å². The topological polar surface area (TPSA) is 16.4 Å². The number of fused-ring (bicyclic) bond motifs is 3. The van der Waals surface area contributed by atoms with Crippen molar-refractivity contribution in [3.05, 3.63) is 164 Å². The molecule has 0 saturated carbocycles. The average Bonchev–Trinajstić information content (AvgIpc) is 3.50. The minimum absolute atomic E-state index is 0.883. The van der Waals surface area contributed by atoms with Crippen molar-refractivity contribution in [1.82, 2.24) is 0 Å². The number of anilines is 3. The summed E-state index contributed by atoms with van der Waals surface area (Å²) in [5.41, 5.74) is 7.69. The van der Waals surface area contributed by atoms with E-state index in [9.17, 15) is 0 Å². The summed E-state index contributed by atoms with van der Waals surface area (Å²) in [5.74, 6) is 0.883. The maximum Gasteiger partial charge on any atom is 0.135 e. The summed E-state index contributed by atoms with van der Waals surface area (Å²) in [6.07, 6.45) is 0. The molecule has 0 bridgehead atoms. The molecule has 198 valence electrons. The largest absolute Gasteiger partial charge is 0.456 e. The van der Waals surface area contributed by atoms with Gasteiger partial charge in [-0.3, -0.25) is 0 Å². The molecule has 2 heteroatoms. The molecular formula is C40H27NO. The zero-order valence-corrected chi connectivity index (χ0v) is 22.9. The Kier molecular flexibility index (Phi) is 5.82. The molecule has 0 amide bonds. The highest BCUT2D eigenvalue weighted by atomic mass is 16.3. The summed E-state index contributed by atoms with van der Waals surface area (Å²) >= 11 is 0. The SMILES string of the molecule is c1cc(-c2ccc(N(c3ccc4ccccc4c3)c3cccc4ccccc34)cc2)cc(-c2cc3ccccc3o2)c1. The Hall–Kier alpha value is -5.60. The van der Waals surface area contributed by atoms with Gasteiger partial charge in [-0.25, -0.2) is 0 Å². The summed E-state index contributed by atoms with van der Waals surface area (Å²) in [6.45, 7) is 0. The third-order valence-corrected chi connectivity index (χ3v) is 8.03. The summed E-state index contributed by atoms with van der Waals surface area (Å²) in [7, 11) is 0. The molecular weight excluding hydrogens is 510 g/mol. The Morgan fingerprint density at radius 2 is 1.05 bits per heavy atom. The van der Waals surface area contributed by atoms with Crippen molar-refractivity contribution in [1.29, 1.82) is 0 Å². The fourth-order valence-electron chi connectivity index (χ4n) is 5.93. The number of nitrogens with zero attached hydrogens (tertiary/aromatic N) is 1. The fraction of sp³-hybridized carbons (Fsp3) is 0. The van der Waals surface area contributed by atoms with Crippen molar-refractivity contribution in [2.45, 2.75) is 0 Å². The minimum atomic E-state index is 0.883. The van der Waals surface area contributed by atoms with Gasteiger partial charge in [-0.1, -0.05) is 115 Å². The molecule has 0 aliphatic rings. The van der Waals surface area contributed by atoms with Crippen LogP contribution in [-0.2, 0) is 0 Å². The van der Waals surface area contributed by atoms with E-state index in [4.69, 9.17) is 4.42 Å². The molecule has 0 N–H and O–H groups in total. The highest BCUT2D eigenvalue weighted by Crippen LogP contribution is 2.40. The third-order valence-electron chi connectivity index (χ3n) is 8.03. The quantitative estimate of drug-likeness (QED) is 0.217.